The number of carbonyl (C=O) groups is 1. The molecule has 0 bridgehead atoms. The summed E-state index contributed by atoms with van der Waals surface area (Å²) in [6.45, 7) is 2.96. The Bertz CT molecular complexity index is 657. The number of aromatic nitrogens is 1. The van der Waals surface area contributed by atoms with E-state index in [2.05, 4.69) is 14.5 Å². The number of aliphatic imine (C=N–C) groups is 1. The summed E-state index contributed by atoms with van der Waals surface area (Å²) in [6.07, 6.45) is 4.32. The molecule has 1 rings (SSSR count). The molecule has 0 unspecified atom stereocenters. The summed E-state index contributed by atoms with van der Waals surface area (Å²) in [5.74, 6) is -1.33. The summed E-state index contributed by atoms with van der Waals surface area (Å²) < 4.78 is 15.2. The van der Waals surface area contributed by atoms with Crippen LogP contribution in [-0.4, -0.2) is 43.2 Å². The second-order valence-electron chi connectivity index (χ2n) is 5.17. The number of phosphoric acid groups is 1. The summed E-state index contributed by atoms with van der Waals surface area (Å²) in [7, 11) is -4.69. The Kier molecular flexibility index (Phi) is 7.50. The van der Waals surface area contributed by atoms with E-state index in [1.54, 1.807) is 0 Å². The fourth-order valence-corrected chi connectivity index (χ4v) is 2.20. The Balaban J connectivity index is 3.10. The quantitative estimate of drug-likeness (QED) is 0.384. The van der Waals surface area contributed by atoms with Crippen molar-refractivity contribution in [1.82, 2.24) is 4.98 Å². The fourth-order valence-electron chi connectivity index (χ4n) is 1.89. The van der Waals surface area contributed by atoms with Crippen molar-refractivity contribution < 1.29 is 33.9 Å². The number of hydrogen-bond acceptors (Lipinski definition) is 6. The summed E-state index contributed by atoms with van der Waals surface area (Å²) in [6, 6.07) is -0.964. The van der Waals surface area contributed by atoms with Crippen LogP contribution < -0.4 is 0 Å². The summed E-state index contributed by atoms with van der Waals surface area (Å²) in [5, 5.41) is 19.2. The molecule has 0 fully saturated rings. The largest absolute Gasteiger partial charge is 0.505 e. The maximum Gasteiger partial charge on any atom is 0.469 e. The third kappa shape index (κ3) is 6.37. The third-order valence-corrected chi connectivity index (χ3v) is 3.71. The van der Waals surface area contributed by atoms with Gasteiger partial charge in [0.25, 0.3) is 0 Å². The summed E-state index contributed by atoms with van der Waals surface area (Å²) >= 11 is 0. The van der Waals surface area contributed by atoms with E-state index < -0.39 is 26.4 Å². The molecule has 0 aromatic carbocycles. The van der Waals surface area contributed by atoms with Gasteiger partial charge in [-0.2, -0.15) is 0 Å². The molecule has 1 atom stereocenters. The lowest BCUT2D eigenvalue weighted by molar-refractivity contribution is -0.138. The van der Waals surface area contributed by atoms with Crippen LogP contribution in [-0.2, 0) is 20.5 Å². The number of aromatic hydroxyl groups is 1. The van der Waals surface area contributed by atoms with Gasteiger partial charge in [0.1, 0.15) is 11.8 Å². The third-order valence-electron chi connectivity index (χ3n) is 3.25. The maximum absolute atomic E-state index is 11.2. The van der Waals surface area contributed by atoms with Crippen molar-refractivity contribution in [3.63, 3.8) is 0 Å². The maximum atomic E-state index is 11.2. The number of pyridine rings is 1. The van der Waals surface area contributed by atoms with Crippen molar-refractivity contribution in [2.24, 2.45) is 4.99 Å². The first-order chi connectivity index (χ1) is 11.2. The molecule has 10 heteroatoms. The van der Waals surface area contributed by atoms with Gasteiger partial charge < -0.3 is 20.0 Å². The van der Waals surface area contributed by atoms with Gasteiger partial charge >= 0.3 is 13.8 Å². The van der Waals surface area contributed by atoms with E-state index in [9.17, 15) is 14.5 Å². The number of phosphoric ester groups is 1. The monoisotopic (exact) mass is 360 g/mol. The molecule has 1 aromatic rings. The van der Waals surface area contributed by atoms with Crippen molar-refractivity contribution in [1.29, 1.82) is 0 Å². The molecule has 1 heterocycles. The second-order valence-corrected chi connectivity index (χ2v) is 6.41. The zero-order valence-electron chi connectivity index (χ0n) is 13.4. The lowest BCUT2D eigenvalue weighted by Crippen LogP contribution is -2.18. The number of unbranched alkanes of at least 4 members (excludes halogenated alkanes) is 1. The van der Waals surface area contributed by atoms with Crippen molar-refractivity contribution in [2.75, 3.05) is 0 Å². The van der Waals surface area contributed by atoms with E-state index in [-0.39, 0.29) is 22.6 Å². The topological polar surface area (TPSA) is 150 Å². The van der Waals surface area contributed by atoms with E-state index in [4.69, 9.17) is 14.9 Å². The lowest BCUT2D eigenvalue weighted by atomic mass is 10.1. The van der Waals surface area contributed by atoms with Gasteiger partial charge in [-0.15, -0.1) is 0 Å². The van der Waals surface area contributed by atoms with E-state index in [0.29, 0.717) is 12.8 Å². The van der Waals surface area contributed by atoms with Gasteiger partial charge in [-0.05, 0) is 13.3 Å². The van der Waals surface area contributed by atoms with Crippen LogP contribution in [0, 0.1) is 6.92 Å². The van der Waals surface area contributed by atoms with Crippen LogP contribution in [0.4, 0.5) is 0 Å². The molecule has 24 heavy (non-hydrogen) atoms. The van der Waals surface area contributed by atoms with E-state index >= 15 is 0 Å². The van der Waals surface area contributed by atoms with E-state index in [1.165, 1.54) is 19.3 Å². The van der Waals surface area contributed by atoms with Crippen LogP contribution in [0.1, 0.15) is 43.0 Å². The average molecular weight is 360 g/mol. The minimum Gasteiger partial charge on any atom is -0.505 e. The Labute approximate surface area is 139 Å². The normalized spacial score (nSPS) is 13.3. The van der Waals surface area contributed by atoms with Gasteiger partial charge in [0.05, 0.1) is 12.3 Å². The van der Waals surface area contributed by atoms with Crippen molar-refractivity contribution in [3.05, 3.63) is 23.0 Å². The van der Waals surface area contributed by atoms with Gasteiger partial charge in [0.2, 0.25) is 0 Å². The molecule has 0 saturated carbocycles. The van der Waals surface area contributed by atoms with Gasteiger partial charge in [-0.3, -0.25) is 14.5 Å². The zero-order chi connectivity index (χ0) is 18.3. The molecule has 0 spiro atoms. The number of aliphatic carboxylic acids is 1. The van der Waals surface area contributed by atoms with Crippen LogP contribution in [0.25, 0.3) is 0 Å². The van der Waals surface area contributed by atoms with Crippen LogP contribution >= 0.6 is 7.82 Å². The summed E-state index contributed by atoms with van der Waals surface area (Å²) in [5.41, 5.74) is 0.584. The highest BCUT2D eigenvalue weighted by Crippen LogP contribution is 2.37. The molecule has 9 nitrogen and oxygen atoms in total. The Morgan fingerprint density at radius 1 is 1.50 bits per heavy atom. The molecule has 0 radical (unpaired) electrons. The summed E-state index contributed by atoms with van der Waals surface area (Å²) in [4.78, 5) is 36.6. The number of carboxylic acids is 1. The highest BCUT2D eigenvalue weighted by molar-refractivity contribution is 7.46. The van der Waals surface area contributed by atoms with Gasteiger partial charge in [0, 0.05) is 23.5 Å². The molecule has 0 aliphatic rings. The standard InChI is InChI=1S/C14H21N2O7P/c1-3-4-5-12(14(18)19)16-7-11-10(8-23-24(20,21)22)6-15-9(2)13(11)17/h6-7,12,17H,3-5,8H2,1-2H3,(H,18,19)(H2,20,21,22)/t12-/m0/s1. The van der Waals surface area contributed by atoms with Crippen LogP contribution in [0.3, 0.4) is 0 Å². The van der Waals surface area contributed by atoms with E-state index in [1.807, 2.05) is 6.92 Å². The molecule has 0 aliphatic carbocycles. The molecular formula is C14H21N2O7P. The molecule has 0 saturated heterocycles. The SMILES string of the molecule is CCCC[C@H](N=Cc1c(COP(=O)(O)O)cnc(C)c1O)C(=O)O. The predicted octanol–water partition coefficient (Wildman–Crippen LogP) is 1.77. The number of rotatable bonds is 9. The highest BCUT2D eigenvalue weighted by Gasteiger charge is 2.19. The first kappa shape index (κ1) is 20.2. The number of carboxylic acid groups (broad SMARTS) is 1. The van der Waals surface area contributed by atoms with Gasteiger partial charge in [-0.25, -0.2) is 9.36 Å². The minimum atomic E-state index is -4.69. The van der Waals surface area contributed by atoms with Gasteiger partial charge in [-0.1, -0.05) is 19.8 Å². The fraction of sp³-hybridized carbons (Fsp3) is 0.500. The molecule has 0 amide bonds. The highest BCUT2D eigenvalue weighted by atomic mass is 31.2. The zero-order valence-corrected chi connectivity index (χ0v) is 14.3. The number of nitrogens with zero attached hydrogens (tertiary/aromatic N) is 2. The molecule has 1 aromatic heterocycles. The Morgan fingerprint density at radius 3 is 2.71 bits per heavy atom. The first-order valence-electron chi connectivity index (χ1n) is 7.29. The molecule has 134 valence electrons. The molecule has 0 aliphatic heterocycles. The van der Waals surface area contributed by atoms with Crippen molar-refractivity contribution in [3.8, 4) is 5.75 Å². The van der Waals surface area contributed by atoms with Gasteiger partial charge in [0.15, 0.2) is 0 Å². The smallest absolute Gasteiger partial charge is 0.469 e. The Hall–Kier alpha value is -1.80. The first-order valence-corrected chi connectivity index (χ1v) is 8.82. The number of aryl methyl sites for hydroxylation is 1. The minimum absolute atomic E-state index is 0.124. The lowest BCUT2D eigenvalue weighted by Gasteiger charge is -2.11. The van der Waals surface area contributed by atoms with Crippen LogP contribution in [0.15, 0.2) is 11.2 Å². The van der Waals surface area contributed by atoms with Crippen molar-refractivity contribution in [2.45, 2.75) is 45.8 Å². The second kappa shape index (κ2) is 8.89. The molecule has 4 N–H and O–H groups in total. The van der Waals surface area contributed by atoms with E-state index in [0.717, 1.165) is 6.42 Å². The van der Waals surface area contributed by atoms with Crippen LogP contribution in [0.5, 0.6) is 5.75 Å². The predicted molar refractivity (Wildman–Crippen MR) is 86.0 cm³/mol. The van der Waals surface area contributed by atoms with Crippen LogP contribution in [0.2, 0.25) is 0 Å². The molecular weight excluding hydrogens is 339 g/mol. The van der Waals surface area contributed by atoms with Crippen molar-refractivity contribution >= 4 is 20.0 Å². The Morgan fingerprint density at radius 2 is 2.17 bits per heavy atom. The number of hydrogen-bond donors (Lipinski definition) is 4. The average Bonchev–Trinajstić information content (AvgIpc) is 2.48.